The van der Waals surface area contributed by atoms with E-state index in [1.165, 1.54) is 11.8 Å². The molecule has 0 aliphatic rings. The summed E-state index contributed by atoms with van der Waals surface area (Å²) in [6, 6.07) is 7.62. The maximum absolute atomic E-state index is 5.04. The van der Waals surface area contributed by atoms with Crippen molar-refractivity contribution in [3.8, 4) is 5.75 Å². The van der Waals surface area contributed by atoms with E-state index in [0.29, 0.717) is 5.16 Å². The fraction of sp³-hybridized carbons (Fsp3) is 0.125. The molecule has 5 nitrogen and oxygen atoms in total. The Labute approximate surface area is 84.9 Å². The third-order valence-corrected chi connectivity index (χ3v) is 2.42. The summed E-state index contributed by atoms with van der Waals surface area (Å²) in [6.07, 6.45) is 0. The number of hydrogen-bond acceptors (Lipinski definition) is 5. The van der Waals surface area contributed by atoms with Crippen LogP contribution in [0.4, 0.5) is 0 Å². The Bertz CT molecular complexity index is 386. The molecule has 14 heavy (non-hydrogen) atoms. The predicted molar refractivity (Wildman–Crippen MR) is 50.3 cm³/mol. The van der Waals surface area contributed by atoms with E-state index < -0.39 is 0 Å². The Kier molecular flexibility index (Phi) is 2.64. The summed E-state index contributed by atoms with van der Waals surface area (Å²) < 4.78 is 5.04. The Morgan fingerprint density at radius 2 is 2.07 bits per heavy atom. The van der Waals surface area contributed by atoms with Gasteiger partial charge in [0.15, 0.2) is 0 Å². The highest BCUT2D eigenvalue weighted by atomic mass is 32.2. The van der Waals surface area contributed by atoms with Crippen LogP contribution in [0, 0.1) is 0 Å². The molecule has 1 aromatic heterocycles. The van der Waals surface area contributed by atoms with Crippen LogP contribution in [0.2, 0.25) is 0 Å². The molecule has 0 N–H and O–H groups in total. The van der Waals surface area contributed by atoms with Crippen molar-refractivity contribution in [2.45, 2.75) is 10.1 Å². The lowest BCUT2D eigenvalue weighted by molar-refractivity contribution is 0.414. The summed E-state index contributed by atoms with van der Waals surface area (Å²) in [7, 11) is 1.64. The molecule has 2 rings (SSSR count). The van der Waals surface area contributed by atoms with Crippen LogP contribution >= 0.6 is 11.8 Å². The Hall–Kier alpha value is -1.56. The Morgan fingerprint density at radius 1 is 1.29 bits per heavy atom. The zero-order chi connectivity index (χ0) is 9.80. The number of nitrogens with zero attached hydrogens (tertiary/aromatic N) is 4. The molecule has 0 fully saturated rings. The molecule has 0 atom stereocenters. The maximum atomic E-state index is 5.04. The first-order valence-electron chi connectivity index (χ1n) is 3.89. The van der Waals surface area contributed by atoms with Gasteiger partial charge in [0, 0.05) is 4.90 Å². The zero-order valence-electron chi connectivity index (χ0n) is 7.41. The molecular formula is C8H7N4OS-. The summed E-state index contributed by atoms with van der Waals surface area (Å²) in [4.78, 5) is 1.03. The molecule has 0 spiro atoms. The van der Waals surface area contributed by atoms with E-state index in [-0.39, 0.29) is 0 Å². The summed E-state index contributed by atoms with van der Waals surface area (Å²) >= 11 is 1.41. The van der Waals surface area contributed by atoms with Crippen LogP contribution in [-0.2, 0) is 0 Å². The highest BCUT2D eigenvalue weighted by molar-refractivity contribution is 7.99. The van der Waals surface area contributed by atoms with Crippen LogP contribution in [0.1, 0.15) is 0 Å². The molecule has 0 unspecified atom stereocenters. The van der Waals surface area contributed by atoms with Gasteiger partial charge in [-0.05, 0) is 24.3 Å². The minimum atomic E-state index is 0.551. The van der Waals surface area contributed by atoms with E-state index in [9.17, 15) is 0 Å². The van der Waals surface area contributed by atoms with Gasteiger partial charge < -0.3 is 9.84 Å². The van der Waals surface area contributed by atoms with Gasteiger partial charge in [-0.3, -0.25) is 10.3 Å². The molecule has 2 aromatic rings. The number of hydrogen-bond donors (Lipinski definition) is 0. The average molecular weight is 207 g/mol. The second kappa shape index (κ2) is 4.10. The second-order valence-corrected chi connectivity index (χ2v) is 3.48. The molecule has 0 aliphatic heterocycles. The van der Waals surface area contributed by atoms with Crippen LogP contribution in [0.3, 0.4) is 0 Å². The maximum Gasteiger partial charge on any atom is 0.118 e. The van der Waals surface area contributed by atoms with Crippen LogP contribution in [-0.4, -0.2) is 22.6 Å². The highest BCUT2D eigenvalue weighted by Gasteiger charge is 1.95. The molecular weight excluding hydrogens is 200 g/mol. The van der Waals surface area contributed by atoms with Gasteiger partial charge in [0.2, 0.25) is 0 Å². The Balaban J connectivity index is 2.10. The van der Waals surface area contributed by atoms with E-state index in [1.54, 1.807) is 7.11 Å². The van der Waals surface area contributed by atoms with Crippen molar-refractivity contribution in [3.63, 3.8) is 0 Å². The fourth-order valence-corrected chi connectivity index (χ4v) is 1.56. The lowest BCUT2D eigenvalue weighted by Gasteiger charge is -2.02. The van der Waals surface area contributed by atoms with E-state index in [2.05, 4.69) is 20.6 Å². The van der Waals surface area contributed by atoms with Crippen LogP contribution in [0.15, 0.2) is 34.3 Å². The molecule has 0 amide bonds. The SMILES string of the molecule is COc1ccc(Sc2nnn[n-]2)cc1. The number of ether oxygens (including phenoxy) is 1. The van der Waals surface area contributed by atoms with Crippen molar-refractivity contribution in [1.82, 2.24) is 20.6 Å². The van der Waals surface area contributed by atoms with E-state index in [0.717, 1.165) is 10.6 Å². The van der Waals surface area contributed by atoms with Gasteiger partial charge in [-0.25, -0.2) is 0 Å². The Morgan fingerprint density at radius 3 is 2.64 bits per heavy atom. The van der Waals surface area contributed by atoms with Gasteiger partial charge >= 0.3 is 0 Å². The topological polar surface area (TPSA) is 62.0 Å². The molecule has 1 aromatic carbocycles. The quantitative estimate of drug-likeness (QED) is 0.747. The van der Waals surface area contributed by atoms with Gasteiger partial charge in [0.05, 0.1) is 12.3 Å². The fourth-order valence-electron chi connectivity index (χ4n) is 0.927. The number of tetrazole rings is 1. The minimum Gasteiger partial charge on any atom is -0.497 e. The minimum absolute atomic E-state index is 0.551. The van der Waals surface area contributed by atoms with Crippen LogP contribution in [0.25, 0.3) is 0 Å². The van der Waals surface area contributed by atoms with Crippen LogP contribution < -0.4 is 9.84 Å². The average Bonchev–Trinajstić information content (AvgIpc) is 2.72. The first kappa shape index (κ1) is 9.01. The normalized spacial score (nSPS) is 10.1. The van der Waals surface area contributed by atoms with Crippen molar-refractivity contribution < 1.29 is 4.74 Å². The third kappa shape index (κ3) is 2.02. The first-order valence-corrected chi connectivity index (χ1v) is 4.71. The number of methoxy groups -OCH3 is 1. The summed E-state index contributed by atoms with van der Waals surface area (Å²) in [5.41, 5.74) is 0. The van der Waals surface area contributed by atoms with Gasteiger partial charge in [-0.15, -0.1) is 0 Å². The highest BCUT2D eigenvalue weighted by Crippen LogP contribution is 2.24. The number of rotatable bonds is 3. The smallest absolute Gasteiger partial charge is 0.118 e. The third-order valence-electron chi connectivity index (χ3n) is 1.57. The molecule has 72 valence electrons. The number of benzene rings is 1. The first-order chi connectivity index (χ1) is 6.88. The molecule has 0 saturated carbocycles. The molecule has 0 aliphatic carbocycles. The molecule has 0 radical (unpaired) electrons. The van der Waals surface area contributed by atoms with Crippen molar-refractivity contribution >= 4 is 11.8 Å². The molecule has 0 bridgehead atoms. The lowest BCUT2D eigenvalue weighted by Crippen LogP contribution is -1.82. The van der Waals surface area contributed by atoms with Gasteiger partial charge in [-0.2, -0.15) is 5.21 Å². The largest absolute Gasteiger partial charge is 0.497 e. The second-order valence-electron chi connectivity index (χ2n) is 2.44. The monoisotopic (exact) mass is 207 g/mol. The van der Waals surface area contributed by atoms with Gasteiger partial charge in [0.25, 0.3) is 0 Å². The summed E-state index contributed by atoms with van der Waals surface area (Å²) in [5.74, 6) is 0.828. The summed E-state index contributed by atoms with van der Waals surface area (Å²) in [5, 5.41) is 14.8. The van der Waals surface area contributed by atoms with Gasteiger partial charge in [-0.1, -0.05) is 11.8 Å². The van der Waals surface area contributed by atoms with Crippen LogP contribution in [0.5, 0.6) is 5.75 Å². The summed E-state index contributed by atoms with van der Waals surface area (Å²) in [6.45, 7) is 0. The standard InChI is InChI=1S/C8H7N4OS/c1-13-6-2-4-7(5-3-6)14-8-9-11-12-10-8/h2-5H,1H3/q-1. The van der Waals surface area contributed by atoms with E-state index in [4.69, 9.17) is 4.74 Å². The number of aromatic nitrogens is 4. The predicted octanol–water partition coefficient (Wildman–Crippen LogP) is 0.989. The van der Waals surface area contributed by atoms with E-state index in [1.807, 2.05) is 24.3 Å². The van der Waals surface area contributed by atoms with Crippen molar-refractivity contribution in [3.05, 3.63) is 24.3 Å². The zero-order valence-corrected chi connectivity index (χ0v) is 8.23. The van der Waals surface area contributed by atoms with Crippen molar-refractivity contribution in [2.75, 3.05) is 7.11 Å². The molecule has 0 saturated heterocycles. The molecule has 1 heterocycles. The lowest BCUT2D eigenvalue weighted by atomic mass is 10.3. The molecule has 6 heteroatoms. The van der Waals surface area contributed by atoms with E-state index >= 15 is 0 Å². The van der Waals surface area contributed by atoms with Gasteiger partial charge in [0.1, 0.15) is 5.75 Å². The van der Waals surface area contributed by atoms with Crippen molar-refractivity contribution in [1.29, 1.82) is 0 Å². The van der Waals surface area contributed by atoms with Crippen molar-refractivity contribution in [2.24, 2.45) is 0 Å².